The van der Waals surface area contributed by atoms with Crippen molar-refractivity contribution in [1.29, 1.82) is 0 Å². The van der Waals surface area contributed by atoms with Crippen molar-refractivity contribution in [2.24, 2.45) is 5.84 Å². The summed E-state index contributed by atoms with van der Waals surface area (Å²) < 4.78 is 5.22. The van der Waals surface area contributed by atoms with Crippen LogP contribution in [0.2, 0.25) is 0 Å². The molecule has 0 aliphatic heterocycles. The van der Waals surface area contributed by atoms with E-state index in [1.165, 1.54) is 13.4 Å². The van der Waals surface area contributed by atoms with Crippen molar-refractivity contribution in [1.82, 2.24) is 9.97 Å². The van der Waals surface area contributed by atoms with Gasteiger partial charge < -0.3 is 20.6 Å². The normalized spacial score (nSPS) is 10.1. The molecule has 106 valence electrons. The van der Waals surface area contributed by atoms with Gasteiger partial charge in [-0.15, -0.1) is 0 Å². The van der Waals surface area contributed by atoms with Crippen molar-refractivity contribution in [2.75, 3.05) is 24.4 Å². The highest BCUT2D eigenvalue weighted by atomic mass is 16.5. The highest BCUT2D eigenvalue weighted by molar-refractivity contribution is 5.63. The molecule has 20 heavy (non-hydrogen) atoms. The lowest BCUT2D eigenvalue weighted by Crippen LogP contribution is -2.13. The molecule has 0 saturated carbocycles. The number of hydrogen-bond donors (Lipinski definition) is 4. The van der Waals surface area contributed by atoms with Crippen LogP contribution in [0.4, 0.5) is 11.6 Å². The van der Waals surface area contributed by atoms with Gasteiger partial charge in [0.2, 0.25) is 5.75 Å². The smallest absolute Gasteiger partial charge is 0.205 e. The second-order valence-electron chi connectivity index (χ2n) is 4.09. The fourth-order valence-corrected chi connectivity index (χ4v) is 1.78. The number of hydrogen-bond acceptors (Lipinski definition) is 7. The maximum Gasteiger partial charge on any atom is 0.205 e. The number of nitrogens with zero attached hydrogens (tertiary/aromatic N) is 2. The highest BCUT2D eigenvalue weighted by Gasteiger charge is 2.10. The Morgan fingerprint density at radius 2 is 1.90 bits per heavy atom. The van der Waals surface area contributed by atoms with Gasteiger partial charge in [0.1, 0.15) is 12.1 Å². The molecule has 5 N–H and O–H groups in total. The summed E-state index contributed by atoms with van der Waals surface area (Å²) in [5, 5.41) is 12.4. The van der Waals surface area contributed by atoms with Crippen molar-refractivity contribution in [3.8, 4) is 11.5 Å². The number of ether oxygens (including phenoxy) is 1. The molecule has 0 radical (unpaired) electrons. The zero-order valence-electron chi connectivity index (χ0n) is 11.1. The SMILES string of the molecule is COc1c(NN)ncnc1NCCc1ccc(O)cc1. The Morgan fingerprint density at radius 1 is 1.20 bits per heavy atom. The zero-order chi connectivity index (χ0) is 14.4. The van der Waals surface area contributed by atoms with Gasteiger partial charge in [-0.05, 0) is 24.1 Å². The van der Waals surface area contributed by atoms with Crippen LogP contribution in [0.5, 0.6) is 11.5 Å². The first-order valence-electron chi connectivity index (χ1n) is 6.12. The largest absolute Gasteiger partial charge is 0.508 e. The van der Waals surface area contributed by atoms with Crippen LogP contribution in [0.25, 0.3) is 0 Å². The Hall–Kier alpha value is -2.54. The van der Waals surface area contributed by atoms with E-state index >= 15 is 0 Å². The molecule has 0 amide bonds. The molecule has 0 aliphatic carbocycles. The van der Waals surface area contributed by atoms with Crippen molar-refractivity contribution in [2.45, 2.75) is 6.42 Å². The fourth-order valence-electron chi connectivity index (χ4n) is 1.78. The van der Waals surface area contributed by atoms with E-state index in [4.69, 9.17) is 10.6 Å². The number of phenolic OH excluding ortho intramolecular Hbond substituents is 1. The molecule has 0 fully saturated rings. The van der Waals surface area contributed by atoms with Gasteiger partial charge in [0.25, 0.3) is 0 Å². The first-order valence-corrected chi connectivity index (χ1v) is 6.12. The van der Waals surface area contributed by atoms with Crippen LogP contribution >= 0.6 is 0 Å². The van der Waals surface area contributed by atoms with E-state index in [9.17, 15) is 5.11 Å². The lowest BCUT2D eigenvalue weighted by Gasteiger charge is -2.12. The molecule has 7 nitrogen and oxygen atoms in total. The molecule has 0 atom stereocenters. The minimum Gasteiger partial charge on any atom is -0.508 e. The summed E-state index contributed by atoms with van der Waals surface area (Å²) in [6.07, 6.45) is 2.19. The van der Waals surface area contributed by atoms with Gasteiger partial charge in [-0.2, -0.15) is 0 Å². The van der Waals surface area contributed by atoms with Crippen LogP contribution in [0.15, 0.2) is 30.6 Å². The van der Waals surface area contributed by atoms with E-state index in [1.807, 2.05) is 12.1 Å². The number of methoxy groups -OCH3 is 1. The highest BCUT2D eigenvalue weighted by Crippen LogP contribution is 2.27. The Kier molecular flexibility index (Phi) is 4.56. The molecular formula is C13H17N5O2. The predicted molar refractivity (Wildman–Crippen MR) is 76.7 cm³/mol. The van der Waals surface area contributed by atoms with Gasteiger partial charge >= 0.3 is 0 Å². The third kappa shape index (κ3) is 3.27. The number of phenols is 1. The summed E-state index contributed by atoms with van der Waals surface area (Å²) in [5.41, 5.74) is 3.57. The quantitative estimate of drug-likeness (QED) is 0.462. The number of nitrogens with two attached hydrogens (primary N) is 1. The summed E-state index contributed by atoms with van der Waals surface area (Å²) in [4.78, 5) is 8.09. The number of aromatic nitrogens is 2. The molecule has 1 aromatic carbocycles. The fraction of sp³-hybridized carbons (Fsp3) is 0.231. The van der Waals surface area contributed by atoms with Crippen molar-refractivity contribution < 1.29 is 9.84 Å². The standard InChI is InChI=1S/C13H17N5O2/c1-20-11-12(16-8-17-13(11)18-14)15-7-6-9-2-4-10(19)5-3-9/h2-5,8,19H,6-7,14H2,1H3,(H2,15,16,17,18). The number of anilines is 2. The lowest BCUT2D eigenvalue weighted by atomic mass is 10.1. The van der Waals surface area contributed by atoms with Gasteiger partial charge in [0, 0.05) is 6.54 Å². The second-order valence-corrected chi connectivity index (χ2v) is 4.09. The number of hydrazine groups is 1. The molecule has 2 rings (SSSR count). The summed E-state index contributed by atoms with van der Waals surface area (Å²) in [5.74, 6) is 7.10. The minimum atomic E-state index is 0.262. The van der Waals surface area contributed by atoms with E-state index in [-0.39, 0.29) is 5.75 Å². The van der Waals surface area contributed by atoms with E-state index in [0.717, 1.165) is 12.0 Å². The van der Waals surface area contributed by atoms with E-state index in [2.05, 4.69) is 20.7 Å². The summed E-state index contributed by atoms with van der Waals surface area (Å²) in [6.45, 7) is 0.669. The number of rotatable bonds is 6. The van der Waals surface area contributed by atoms with Crippen LogP contribution in [0, 0.1) is 0 Å². The maximum absolute atomic E-state index is 9.22. The van der Waals surface area contributed by atoms with Crippen LogP contribution < -0.4 is 21.3 Å². The molecule has 1 heterocycles. The van der Waals surface area contributed by atoms with Crippen LogP contribution in [0.3, 0.4) is 0 Å². The van der Waals surface area contributed by atoms with Crippen molar-refractivity contribution in [3.63, 3.8) is 0 Å². The third-order valence-corrected chi connectivity index (χ3v) is 2.79. The number of nitrogens with one attached hydrogen (secondary N) is 2. The Balaban J connectivity index is 1.98. The van der Waals surface area contributed by atoms with E-state index in [0.29, 0.717) is 23.9 Å². The molecule has 0 spiro atoms. The van der Waals surface area contributed by atoms with Gasteiger partial charge in [-0.3, -0.25) is 0 Å². The van der Waals surface area contributed by atoms with Gasteiger partial charge in [-0.25, -0.2) is 15.8 Å². The third-order valence-electron chi connectivity index (χ3n) is 2.79. The van der Waals surface area contributed by atoms with Crippen LogP contribution in [-0.2, 0) is 6.42 Å². The van der Waals surface area contributed by atoms with E-state index < -0.39 is 0 Å². The topological polar surface area (TPSA) is 105 Å². The molecule has 2 aromatic rings. The first kappa shape index (κ1) is 13.9. The molecule has 0 bridgehead atoms. The molecular weight excluding hydrogens is 258 g/mol. The van der Waals surface area contributed by atoms with Gasteiger partial charge in [-0.1, -0.05) is 12.1 Å². The van der Waals surface area contributed by atoms with Crippen molar-refractivity contribution in [3.05, 3.63) is 36.2 Å². The predicted octanol–water partition coefficient (Wildman–Crippen LogP) is 1.13. The first-order chi connectivity index (χ1) is 9.74. The maximum atomic E-state index is 9.22. The molecule has 0 aliphatic rings. The van der Waals surface area contributed by atoms with Gasteiger partial charge in [0.05, 0.1) is 7.11 Å². The Bertz CT molecular complexity index is 559. The number of nitrogen functional groups attached to an aromatic ring is 1. The Morgan fingerprint density at radius 3 is 2.55 bits per heavy atom. The molecule has 0 saturated heterocycles. The number of benzene rings is 1. The van der Waals surface area contributed by atoms with E-state index in [1.54, 1.807) is 12.1 Å². The van der Waals surface area contributed by atoms with Gasteiger partial charge in [0.15, 0.2) is 11.6 Å². The summed E-state index contributed by atoms with van der Waals surface area (Å²) >= 11 is 0. The Labute approximate surface area is 116 Å². The van der Waals surface area contributed by atoms with Crippen LogP contribution in [-0.4, -0.2) is 28.7 Å². The minimum absolute atomic E-state index is 0.262. The summed E-state index contributed by atoms with van der Waals surface area (Å²) in [7, 11) is 1.53. The van der Waals surface area contributed by atoms with Crippen LogP contribution in [0.1, 0.15) is 5.56 Å². The van der Waals surface area contributed by atoms with Crippen molar-refractivity contribution >= 4 is 11.6 Å². The molecule has 1 aromatic heterocycles. The molecule has 0 unspecified atom stereocenters. The lowest BCUT2D eigenvalue weighted by molar-refractivity contribution is 0.414. The average Bonchev–Trinajstić information content (AvgIpc) is 2.49. The summed E-state index contributed by atoms with van der Waals surface area (Å²) in [6, 6.07) is 7.08. The molecule has 7 heteroatoms. The number of aromatic hydroxyl groups is 1. The average molecular weight is 275 g/mol. The zero-order valence-corrected chi connectivity index (χ0v) is 11.1. The second kappa shape index (κ2) is 6.58. The monoisotopic (exact) mass is 275 g/mol.